The van der Waals surface area contributed by atoms with Gasteiger partial charge in [0.25, 0.3) is 10.1 Å². The van der Waals surface area contributed by atoms with E-state index >= 15 is 0 Å². The van der Waals surface area contributed by atoms with Gasteiger partial charge in [-0.15, -0.1) is 0 Å². The number of ether oxygens (including phenoxy) is 2. The van der Waals surface area contributed by atoms with Crippen molar-refractivity contribution >= 4 is 39.7 Å². The van der Waals surface area contributed by atoms with Gasteiger partial charge in [-0.3, -0.25) is 4.55 Å². The van der Waals surface area contributed by atoms with E-state index in [1.807, 2.05) is 6.92 Å². The van der Waals surface area contributed by atoms with Crippen molar-refractivity contribution < 1.29 is 44.3 Å². The fraction of sp³-hybridized carbons (Fsp3) is 1.00. The van der Waals surface area contributed by atoms with Crippen LogP contribution in [0.1, 0.15) is 28.1 Å². The first-order valence-corrected chi connectivity index (χ1v) is 9.39. The van der Waals surface area contributed by atoms with Crippen LogP contribution < -0.4 is 0 Å². The second kappa shape index (κ2) is 18.1. The van der Waals surface area contributed by atoms with E-state index in [9.17, 15) is 8.42 Å². The zero-order valence-corrected chi connectivity index (χ0v) is 18.2. The maximum atomic E-state index is 9.83. The van der Waals surface area contributed by atoms with Crippen molar-refractivity contribution in [1.29, 1.82) is 0 Å². The van der Waals surface area contributed by atoms with Gasteiger partial charge in [0.2, 0.25) is 0 Å². The van der Waals surface area contributed by atoms with Gasteiger partial charge in [-0.2, -0.15) is 8.42 Å². The molecule has 1 radical (unpaired) electrons. The van der Waals surface area contributed by atoms with Crippen molar-refractivity contribution in [1.82, 2.24) is 0 Å². The topological polar surface area (TPSA) is 160 Å². The van der Waals surface area contributed by atoms with Gasteiger partial charge >= 0.3 is 0 Å². The van der Waals surface area contributed by atoms with Crippen molar-refractivity contribution in [3.63, 3.8) is 0 Å². The molecule has 0 aromatic rings. The molecule has 0 aromatic carbocycles. The van der Waals surface area contributed by atoms with Crippen molar-refractivity contribution in [2.75, 3.05) is 52.0 Å². The Bertz CT molecular complexity index is 354. The van der Waals surface area contributed by atoms with Crippen LogP contribution in [0.15, 0.2) is 0 Å². The first-order valence-electron chi connectivity index (χ1n) is 7.78. The van der Waals surface area contributed by atoms with Crippen LogP contribution in [-0.4, -0.2) is 121 Å². The summed E-state index contributed by atoms with van der Waals surface area (Å²) in [6, 6.07) is 0. The largest absolute Gasteiger partial charge is 0.396 e. The van der Waals surface area contributed by atoms with Gasteiger partial charge in [-0.1, -0.05) is 6.92 Å². The molecule has 2 aliphatic rings. The summed E-state index contributed by atoms with van der Waals surface area (Å²) in [4.78, 5) is 0. The minimum atomic E-state index is -3.85. The van der Waals surface area contributed by atoms with Gasteiger partial charge in [-0.25, -0.2) is 0 Å². The summed E-state index contributed by atoms with van der Waals surface area (Å²) >= 11 is 0. The van der Waals surface area contributed by atoms with E-state index in [2.05, 4.69) is 11.7 Å². The van der Waals surface area contributed by atoms with Crippen LogP contribution in [-0.2, 0) is 19.6 Å². The van der Waals surface area contributed by atoms with Crippen LogP contribution in [0.3, 0.4) is 0 Å². The van der Waals surface area contributed by atoms with Crippen molar-refractivity contribution in [2.24, 2.45) is 5.41 Å². The Kier molecular flexibility index (Phi) is 22.0. The molecule has 151 valence electrons. The fourth-order valence-electron chi connectivity index (χ4n) is 0.829. The second-order valence-electron chi connectivity index (χ2n) is 5.45. The van der Waals surface area contributed by atoms with Crippen LogP contribution in [0.25, 0.3) is 0 Å². The summed E-state index contributed by atoms with van der Waals surface area (Å²) < 4.78 is 36.9. The first-order chi connectivity index (χ1) is 11.2. The molecule has 0 aromatic heterocycles. The smallest absolute Gasteiger partial charge is 0.264 e. The minimum absolute atomic E-state index is 0. The Balaban J connectivity index is -0.000000129. The van der Waals surface area contributed by atoms with E-state index in [4.69, 9.17) is 29.7 Å². The molecule has 2 aliphatic heterocycles. The number of aliphatic hydroxyl groups is 4. The predicted molar refractivity (Wildman–Crippen MR) is 96.2 cm³/mol. The summed E-state index contributed by atoms with van der Waals surface area (Å²) in [5.41, 5.74) is -0.667. The van der Waals surface area contributed by atoms with E-state index in [-0.39, 0.29) is 69.6 Å². The number of epoxide rings is 2. The maximum absolute atomic E-state index is 9.83. The van der Waals surface area contributed by atoms with Crippen molar-refractivity contribution in [3.8, 4) is 0 Å². The molecular formula is C14H34NaO9S. The third-order valence-corrected chi connectivity index (χ3v) is 3.83. The molecule has 0 bridgehead atoms. The zero-order chi connectivity index (χ0) is 19.1. The van der Waals surface area contributed by atoms with Gasteiger partial charge in [-0.05, 0) is 19.8 Å². The van der Waals surface area contributed by atoms with Gasteiger partial charge in [0.1, 0.15) is 0 Å². The van der Waals surface area contributed by atoms with E-state index in [1.54, 1.807) is 0 Å². The van der Waals surface area contributed by atoms with Crippen LogP contribution in [0.2, 0.25) is 0 Å². The fourth-order valence-corrected chi connectivity index (χ4v) is 1.32. The Morgan fingerprint density at radius 2 is 1.48 bits per heavy atom. The van der Waals surface area contributed by atoms with Gasteiger partial charge < -0.3 is 29.9 Å². The average Bonchev–Trinajstić information content (AvgIpc) is 3.43. The molecule has 0 aliphatic carbocycles. The van der Waals surface area contributed by atoms with E-state index in [1.165, 1.54) is 0 Å². The minimum Gasteiger partial charge on any atom is -0.396 e. The standard InChI is InChI=1S/C6H14O3.C3H8O4S.C3H6O.C2H4O.Na.H2/c1-2-6(3-7,4-8)5-9;4-2-1-3-8(5,6)7;1-3-2-4-3;1-2-3-1;;/h7-9H,2-5H2,1H3;4H,1-3H2,(H,5,6,7);3H,2H2,1H3;1-2H2;;1H. The van der Waals surface area contributed by atoms with E-state index in [0.717, 1.165) is 19.8 Å². The van der Waals surface area contributed by atoms with Gasteiger partial charge in [0.05, 0.1) is 51.5 Å². The normalized spacial score (nSPS) is 17.3. The molecule has 2 saturated heterocycles. The monoisotopic (exact) mass is 401 g/mol. The van der Waals surface area contributed by atoms with Gasteiger partial charge in [0.15, 0.2) is 0 Å². The third kappa shape index (κ3) is 27.0. The molecule has 1 unspecified atom stereocenters. The van der Waals surface area contributed by atoms with Crippen LogP contribution >= 0.6 is 0 Å². The first kappa shape index (κ1) is 30.4. The predicted octanol–water partition coefficient (Wildman–Crippen LogP) is -1.10. The summed E-state index contributed by atoms with van der Waals surface area (Å²) in [5.74, 6) is -0.358. The molecule has 0 amide bonds. The molecule has 2 rings (SSSR count). The summed E-state index contributed by atoms with van der Waals surface area (Å²) in [5, 5.41) is 34.0. The number of hydrogen-bond acceptors (Lipinski definition) is 8. The zero-order valence-electron chi connectivity index (χ0n) is 15.4. The summed E-state index contributed by atoms with van der Waals surface area (Å²) in [6.07, 6.45) is 1.27. The van der Waals surface area contributed by atoms with E-state index in [0.29, 0.717) is 12.5 Å². The Morgan fingerprint density at radius 3 is 1.52 bits per heavy atom. The average molecular weight is 401 g/mol. The maximum Gasteiger partial charge on any atom is 0.264 e. The molecule has 1 atom stereocenters. The molecule has 5 N–H and O–H groups in total. The van der Waals surface area contributed by atoms with Crippen molar-refractivity contribution in [3.05, 3.63) is 0 Å². The molecule has 2 heterocycles. The molecule has 0 spiro atoms. The Morgan fingerprint density at radius 1 is 1.12 bits per heavy atom. The molecule has 9 nitrogen and oxygen atoms in total. The SMILES string of the molecule is C1CO1.CC1CO1.CCC(CO)(CO)CO.O=S(=O)(O)CCCO.[HH].[Na]. The quantitative estimate of drug-likeness (QED) is 0.203. The Hall–Kier alpha value is 0.670. The molecule has 11 heteroatoms. The number of aliphatic hydroxyl groups excluding tert-OH is 4. The van der Waals surface area contributed by atoms with Crippen LogP contribution in [0.4, 0.5) is 0 Å². The number of hydrogen-bond donors (Lipinski definition) is 5. The summed E-state index contributed by atoms with van der Waals surface area (Å²) in [6.45, 7) is 6.19. The number of rotatable bonds is 7. The molecule has 0 saturated carbocycles. The third-order valence-electron chi connectivity index (χ3n) is 3.02. The van der Waals surface area contributed by atoms with Crippen molar-refractivity contribution in [2.45, 2.75) is 32.8 Å². The van der Waals surface area contributed by atoms with Gasteiger partial charge in [0, 0.05) is 43.0 Å². The van der Waals surface area contributed by atoms with Crippen LogP contribution in [0.5, 0.6) is 0 Å². The molecule has 25 heavy (non-hydrogen) atoms. The summed E-state index contributed by atoms with van der Waals surface area (Å²) in [7, 11) is -3.85. The Labute approximate surface area is 173 Å². The van der Waals surface area contributed by atoms with E-state index < -0.39 is 15.5 Å². The molecular weight excluding hydrogens is 367 g/mol. The second-order valence-corrected chi connectivity index (χ2v) is 7.02. The van der Waals surface area contributed by atoms with Crippen LogP contribution in [0, 0.1) is 5.41 Å². The molecule has 2 fully saturated rings.